The van der Waals surface area contributed by atoms with Gasteiger partial charge in [0.15, 0.2) is 5.78 Å². The van der Waals surface area contributed by atoms with E-state index >= 15 is 0 Å². The lowest BCUT2D eigenvalue weighted by molar-refractivity contribution is -0.159. The number of carboxylic acid groups (broad SMARTS) is 1. The molecular formula is C23H33NO5. The number of allylic oxidation sites excluding steroid dienone is 2. The standard InChI is InChI=1S/C23H33NO5/c1-14(25)23(28)11-8-19-17-5-4-15-12-16(24-29-13-20(26)27)6-9-21(15,2)18(17)7-10-22(19,23)3/h12,17-19,28H,4-11,13H2,1-3H3,(H,26,27)/b24-16-/t17-,18+,19-,21-,22-,23-/m0/s1. The molecule has 0 aromatic carbocycles. The first-order chi connectivity index (χ1) is 13.6. The lowest BCUT2D eigenvalue weighted by Gasteiger charge is -2.59. The molecule has 6 atom stereocenters. The number of nitrogens with zero attached hydrogens (tertiary/aromatic N) is 1. The van der Waals surface area contributed by atoms with E-state index < -0.39 is 18.2 Å². The number of fused-ring (bicyclic) bond motifs is 5. The number of hydrogen-bond acceptors (Lipinski definition) is 5. The van der Waals surface area contributed by atoms with Crippen LogP contribution in [-0.4, -0.2) is 39.9 Å². The molecule has 0 heterocycles. The first-order valence-corrected chi connectivity index (χ1v) is 11.0. The second kappa shape index (κ2) is 6.93. The Bertz CT molecular complexity index is 788. The first kappa shape index (κ1) is 20.6. The third-order valence-electron chi connectivity index (χ3n) is 9.08. The molecule has 0 aromatic rings. The summed E-state index contributed by atoms with van der Waals surface area (Å²) in [5.41, 5.74) is 0.903. The minimum atomic E-state index is -1.16. The molecule has 0 spiro atoms. The van der Waals surface area contributed by atoms with Gasteiger partial charge < -0.3 is 15.1 Å². The molecule has 29 heavy (non-hydrogen) atoms. The van der Waals surface area contributed by atoms with Crippen molar-refractivity contribution >= 4 is 17.5 Å². The zero-order chi connectivity index (χ0) is 21.0. The number of aliphatic hydroxyl groups is 1. The van der Waals surface area contributed by atoms with Crippen LogP contribution in [0, 0.1) is 28.6 Å². The molecule has 4 aliphatic rings. The number of carbonyl (C=O) groups is 2. The van der Waals surface area contributed by atoms with Gasteiger partial charge in [-0.3, -0.25) is 4.79 Å². The summed E-state index contributed by atoms with van der Waals surface area (Å²) in [7, 11) is 0. The summed E-state index contributed by atoms with van der Waals surface area (Å²) < 4.78 is 0. The SMILES string of the molecule is CC(=O)[C@@]1(O)CC[C@H]2[C@H]3CCC4=C/C(=N\OCC(=O)O)CC[C@]4(C)[C@@H]3CC[C@@]21C. The smallest absolute Gasteiger partial charge is 0.344 e. The van der Waals surface area contributed by atoms with Gasteiger partial charge >= 0.3 is 5.97 Å². The van der Waals surface area contributed by atoms with Gasteiger partial charge in [-0.1, -0.05) is 24.6 Å². The van der Waals surface area contributed by atoms with Crippen LogP contribution in [0.1, 0.15) is 72.1 Å². The van der Waals surface area contributed by atoms with E-state index in [2.05, 4.69) is 25.1 Å². The van der Waals surface area contributed by atoms with E-state index in [-0.39, 0.29) is 16.6 Å². The van der Waals surface area contributed by atoms with Crippen molar-refractivity contribution in [3.8, 4) is 0 Å². The lowest BCUT2D eigenvalue weighted by atomic mass is 9.46. The van der Waals surface area contributed by atoms with Crippen LogP contribution < -0.4 is 0 Å². The summed E-state index contributed by atoms with van der Waals surface area (Å²) in [4.78, 5) is 27.9. The number of hydrogen-bond donors (Lipinski definition) is 2. The van der Waals surface area contributed by atoms with E-state index in [0.717, 1.165) is 50.7 Å². The molecule has 0 saturated heterocycles. The van der Waals surface area contributed by atoms with Crippen molar-refractivity contribution in [2.45, 2.75) is 77.7 Å². The predicted octanol–water partition coefficient (Wildman–Crippen LogP) is 3.73. The van der Waals surface area contributed by atoms with Gasteiger partial charge in [-0.05, 0) is 87.5 Å². The van der Waals surface area contributed by atoms with Crippen molar-refractivity contribution in [1.82, 2.24) is 0 Å². The number of aliphatic carboxylic acids is 1. The van der Waals surface area contributed by atoms with Crippen molar-refractivity contribution in [3.05, 3.63) is 11.6 Å². The van der Waals surface area contributed by atoms with Crippen molar-refractivity contribution in [2.75, 3.05) is 6.61 Å². The fourth-order valence-corrected chi connectivity index (χ4v) is 7.41. The van der Waals surface area contributed by atoms with Crippen LogP contribution in [0.2, 0.25) is 0 Å². The highest BCUT2D eigenvalue weighted by Gasteiger charge is 2.65. The number of rotatable bonds is 4. The second-order valence-electron chi connectivity index (χ2n) is 10.2. The maximum atomic E-state index is 12.3. The molecule has 6 nitrogen and oxygen atoms in total. The fourth-order valence-electron chi connectivity index (χ4n) is 7.41. The van der Waals surface area contributed by atoms with Crippen molar-refractivity contribution in [1.29, 1.82) is 0 Å². The number of Topliss-reactive ketones (excluding diaryl/α,β-unsaturated/α-hetero) is 1. The maximum Gasteiger partial charge on any atom is 0.344 e. The van der Waals surface area contributed by atoms with E-state index in [1.54, 1.807) is 6.92 Å². The van der Waals surface area contributed by atoms with Gasteiger partial charge in [0.05, 0.1) is 5.71 Å². The zero-order valence-corrected chi connectivity index (χ0v) is 17.7. The van der Waals surface area contributed by atoms with Crippen LogP contribution in [0.5, 0.6) is 0 Å². The van der Waals surface area contributed by atoms with E-state index in [4.69, 9.17) is 9.94 Å². The van der Waals surface area contributed by atoms with Crippen LogP contribution in [0.25, 0.3) is 0 Å². The van der Waals surface area contributed by atoms with E-state index in [1.165, 1.54) is 5.57 Å². The molecule has 4 aliphatic carbocycles. The summed E-state index contributed by atoms with van der Waals surface area (Å²) in [5, 5.41) is 24.0. The average Bonchev–Trinajstić information content (AvgIpc) is 2.94. The predicted molar refractivity (Wildman–Crippen MR) is 108 cm³/mol. The van der Waals surface area contributed by atoms with Crippen molar-refractivity contribution in [2.24, 2.45) is 33.7 Å². The average molecular weight is 404 g/mol. The molecule has 0 aromatic heterocycles. The number of oxime groups is 1. The van der Waals surface area contributed by atoms with Crippen molar-refractivity contribution < 1.29 is 24.6 Å². The Morgan fingerprint density at radius 1 is 1.14 bits per heavy atom. The number of ketones is 1. The molecule has 3 fully saturated rings. The first-order valence-electron chi connectivity index (χ1n) is 11.0. The Morgan fingerprint density at radius 2 is 1.86 bits per heavy atom. The van der Waals surface area contributed by atoms with Gasteiger partial charge in [0.25, 0.3) is 0 Å². The Morgan fingerprint density at radius 3 is 2.55 bits per heavy atom. The second-order valence-corrected chi connectivity index (χ2v) is 10.2. The summed E-state index contributed by atoms with van der Waals surface area (Å²) >= 11 is 0. The number of carboxylic acids is 1. The largest absolute Gasteiger partial charge is 0.479 e. The molecule has 160 valence electrons. The third kappa shape index (κ3) is 2.97. The Labute approximate surface area is 172 Å². The quantitative estimate of drug-likeness (QED) is 0.697. The van der Waals surface area contributed by atoms with Crippen LogP contribution in [0.4, 0.5) is 0 Å². The molecule has 0 bridgehead atoms. The molecule has 0 radical (unpaired) electrons. The Hall–Kier alpha value is -1.69. The van der Waals surface area contributed by atoms with Gasteiger partial charge in [-0.2, -0.15) is 0 Å². The molecule has 2 N–H and O–H groups in total. The van der Waals surface area contributed by atoms with E-state index in [1.807, 2.05) is 0 Å². The van der Waals surface area contributed by atoms with Crippen LogP contribution >= 0.6 is 0 Å². The van der Waals surface area contributed by atoms with Gasteiger partial charge in [0.2, 0.25) is 6.61 Å². The van der Waals surface area contributed by atoms with Crippen LogP contribution in [0.3, 0.4) is 0 Å². The van der Waals surface area contributed by atoms with E-state index in [0.29, 0.717) is 24.2 Å². The van der Waals surface area contributed by atoms with Gasteiger partial charge in [-0.25, -0.2) is 4.79 Å². The summed E-state index contributed by atoms with van der Waals surface area (Å²) in [6, 6.07) is 0. The maximum absolute atomic E-state index is 12.3. The fraction of sp³-hybridized carbons (Fsp3) is 0.783. The molecule has 0 amide bonds. The topological polar surface area (TPSA) is 96.2 Å². The Kier molecular flexibility index (Phi) is 4.92. The summed E-state index contributed by atoms with van der Waals surface area (Å²) in [6.45, 7) is 5.67. The highest BCUT2D eigenvalue weighted by molar-refractivity contribution is 5.96. The van der Waals surface area contributed by atoms with Gasteiger partial charge in [0, 0.05) is 5.41 Å². The van der Waals surface area contributed by atoms with Crippen LogP contribution in [0.15, 0.2) is 16.8 Å². The monoisotopic (exact) mass is 403 g/mol. The summed E-state index contributed by atoms with van der Waals surface area (Å²) in [5.74, 6) is 0.434. The normalized spacial score (nSPS) is 45.0. The molecule has 3 saturated carbocycles. The third-order valence-corrected chi connectivity index (χ3v) is 9.08. The molecule has 4 rings (SSSR count). The minimum absolute atomic E-state index is 0.0663. The van der Waals surface area contributed by atoms with Gasteiger partial charge in [-0.15, -0.1) is 0 Å². The minimum Gasteiger partial charge on any atom is -0.479 e. The molecule has 0 unspecified atom stereocenters. The highest BCUT2D eigenvalue weighted by atomic mass is 16.6. The summed E-state index contributed by atoms with van der Waals surface area (Å²) in [6.07, 6.45) is 9.50. The molecule has 6 heteroatoms. The van der Waals surface area contributed by atoms with Gasteiger partial charge in [0.1, 0.15) is 5.60 Å². The van der Waals surface area contributed by atoms with E-state index in [9.17, 15) is 14.7 Å². The lowest BCUT2D eigenvalue weighted by Crippen LogP contribution is -2.57. The zero-order valence-electron chi connectivity index (χ0n) is 17.7. The molecule has 0 aliphatic heterocycles. The number of carbonyl (C=O) groups excluding carboxylic acids is 1. The highest BCUT2D eigenvalue weighted by Crippen LogP contribution is 2.67. The molecular weight excluding hydrogens is 370 g/mol. The van der Waals surface area contributed by atoms with Crippen LogP contribution in [-0.2, 0) is 14.4 Å². The van der Waals surface area contributed by atoms with Crippen molar-refractivity contribution in [3.63, 3.8) is 0 Å². The Balaban J connectivity index is 1.57.